The van der Waals surface area contributed by atoms with Crippen molar-refractivity contribution >= 4 is 17.9 Å². The molecule has 0 aliphatic heterocycles. The maximum Gasteiger partial charge on any atom is 0.303 e. The van der Waals surface area contributed by atoms with E-state index in [-0.39, 0.29) is 19.3 Å². The zero-order valence-corrected chi connectivity index (χ0v) is 21.5. The topological polar surface area (TPSA) is 115 Å². The van der Waals surface area contributed by atoms with Crippen LogP contribution in [0.1, 0.15) is 116 Å². The van der Waals surface area contributed by atoms with Gasteiger partial charge in [-0.1, -0.05) is 57.6 Å². The number of carbonyl (C=O) groups excluding carboxylic acids is 1. The van der Waals surface area contributed by atoms with Crippen LogP contribution in [0, 0.1) is 0 Å². The fraction of sp³-hybridized carbons (Fsp3) is 0.815. The molecule has 0 heterocycles. The summed E-state index contributed by atoms with van der Waals surface area (Å²) in [7, 11) is 0. The summed E-state index contributed by atoms with van der Waals surface area (Å²) >= 11 is 0. The highest BCUT2D eigenvalue weighted by molar-refractivity contribution is 5.66. The van der Waals surface area contributed by atoms with Crippen molar-refractivity contribution in [2.45, 2.75) is 116 Å². The lowest BCUT2D eigenvalue weighted by molar-refractivity contribution is -0.929. The first-order valence-corrected chi connectivity index (χ1v) is 13.4. The summed E-state index contributed by atoms with van der Waals surface area (Å²) in [6.45, 7) is 4.92. The highest BCUT2D eigenvalue weighted by Gasteiger charge is 2.26. The Morgan fingerprint density at radius 1 is 0.618 bits per heavy atom. The van der Waals surface area contributed by atoms with Gasteiger partial charge in [0.1, 0.15) is 0 Å². The molecule has 0 aromatic rings. The Labute approximate surface area is 206 Å². The SMILES string of the molecule is CC/C=C/CCCCCCCCCCC[N+](CCCC(=O)[O-])(CCCC(=O)O)CCCC(=O)O. The van der Waals surface area contributed by atoms with Crippen LogP contribution in [0.2, 0.25) is 0 Å². The fourth-order valence-electron chi connectivity index (χ4n) is 4.59. The zero-order valence-electron chi connectivity index (χ0n) is 21.5. The van der Waals surface area contributed by atoms with Gasteiger partial charge >= 0.3 is 11.9 Å². The lowest BCUT2D eigenvalue weighted by Crippen LogP contribution is -2.51. The van der Waals surface area contributed by atoms with Crippen LogP contribution in [0.15, 0.2) is 12.2 Å². The van der Waals surface area contributed by atoms with Crippen LogP contribution in [0.5, 0.6) is 0 Å². The van der Waals surface area contributed by atoms with E-state index in [9.17, 15) is 19.5 Å². The van der Waals surface area contributed by atoms with Crippen molar-refractivity contribution in [3.05, 3.63) is 12.2 Å². The number of hydrogen-bond donors (Lipinski definition) is 2. The van der Waals surface area contributed by atoms with E-state index in [0.29, 0.717) is 43.4 Å². The van der Waals surface area contributed by atoms with E-state index in [1.165, 1.54) is 51.4 Å². The third kappa shape index (κ3) is 20.7. The van der Waals surface area contributed by atoms with Crippen molar-refractivity contribution in [2.24, 2.45) is 0 Å². The minimum atomic E-state index is -1.08. The van der Waals surface area contributed by atoms with Crippen LogP contribution < -0.4 is 5.11 Å². The van der Waals surface area contributed by atoms with Crippen molar-refractivity contribution in [1.29, 1.82) is 0 Å². The molecule has 0 amide bonds. The number of rotatable bonds is 25. The van der Waals surface area contributed by atoms with E-state index in [1.807, 2.05) is 0 Å². The van der Waals surface area contributed by atoms with Gasteiger partial charge in [0, 0.05) is 25.2 Å². The molecule has 0 aliphatic rings. The molecule has 0 bridgehead atoms. The van der Waals surface area contributed by atoms with Crippen LogP contribution in [0.25, 0.3) is 0 Å². The normalized spacial score (nSPS) is 11.8. The van der Waals surface area contributed by atoms with E-state index in [0.717, 1.165) is 25.8 Å². The Morgan fingerprint density at radius 3 is 1.47 bits per heavy atom. The summed E-state index contributed by atoms with van der Waals surface area (Å²) in [5, 5.41) is 29.0. The summed E-state index contributed by atoms with van der Waals surface area (Å²) in [5.74, 6) is -2.75. The largest absolute Gasteiger partial charge is 0.550 e. The first-order valence-electron chi connectivity index (χ1n) is 13.4. The summed E-state index contributed by atoms with van der Waals surface area (Å²) in [5.41, 5.74) is 0. The van der Waals surface area contributed by atoms with Gasteiger partial charge in [0.15, 0.2) is 0 Å². The first-order chi connectivity index (χ1) is 16.3. The molecule has 7 heteroatoms. The van der Waals surface area contributed by atoms with Gasteiger partial charge in [-0.05, 0) is 38.5 Å². The van der Waals surface area contributed by atoms with E-state index >= 15 is 0 Å². The van der Waals surface area contributed by atoms with Gasteiger partial charge in [0.2, 0.25) is 0 Å². The standard InChI is InChI=1S/C27H49NO6/c1-2-3-4-5-6-7-8-9-10-11-12-13-14-21-28(22-15-18-25(29)30,23-16-19-26(31)32)24-17-20-27(33)34/h3-4H,2,5-24H2,1H3,(H2-,29,30,31,32,33,34)/b4-3+. The second-order valence-corrected chi connectivity index (χ2v) is 9.56. The molecule has 0 aliphatic carbocycles. The Hall–Kier alpha value is -1.89. The smallest absolute Gasteiger partial charge is 0.303 e. The molecule has 2 N–H and O–H groups in total. The number of carboxylic acids is 3. The van der Waals surface area contributed by atoms with Crippen molar-refractivity contribution in [1.82, 2.24) is 0 Å². The minimum absolute atomic E-state index is 0.0211. The van der Waals surface area contributed by atoms with Crippen molar-refractivity contribution in [3.63, 3.8) is 0 Å². The molecule has 0 fully saturated rings. The van der Waals surface area contributed by atoms with Crippen molar-refractivity contribution in [2.75, 3.05) is 26.2 Å². The quantitative estimate of drug-likeness (QED) is 0.108. The third-order valence-electron chi connectivity index (χ3n) is 6.47. The highest BCUT2D eigenvalue weighted by Crippen LogP contribution is 2.18. The summed E-state index contributed by atoms with van der Waals surface area (Å²) in [6, 6.07) is 0. The first kappa shape index (κ1) is 32.1. The van der Waals surface area contributed by atoms with Crippen LogP contribution in [-0.2, 0) is 14.4 Å². The summed E-state index contributed by atoms with van der Waals surface area (Å²) < 4.78 is 0.611. The van der Waals surface area contributed by atoms with Crippen molar-refractivity contribution < 1.29 is 34.2 Å². The molecular weight excluding hydrogens is 434 g/mol. The predicted molar refractivity (Wildman–Crippen MR) is 133 cm³/mol. The monoisotopic (exact) mass is 483 g/mol. The number of quaternary nitrogens is 1. The highest BCUT2D eigenvalue weighted by atomic mass is 16.4. The second-order valence-electron chi connectivity index (χ2n) is 9.56. The number of allylic oxidation sites excluding steroid dienone is 2. The molecule has 0 spiro atoms. The molecule has 0 aromatic carbocycles. The van der Waals surface area contributed by atoms with E-state index < -0.39 is 17.9 Å². The van der Waals surface area contributed by atoms with Crippen LogP contribution in [0.4, 0.5) is 0 Å². The van der Waals surface area contributed by atoms with Crippen molar-refractivity contribution in [3.8, 4) is 0 Å². The van der Waals surface area contributed by atoms with Gasteiger partial charge in [-0.3, -0.25) is 9.59 Å². The lowest BCUT2D eigenvalue weighted by atomic mass is 10.1. The lowest BCUT2D eigenvalue weighted by Gasteiger charge is -2.39. The molecule has 0 aromatic heterocycles. The molecule has 0 atom stereocenters. The molecule has 0 rings (SSSR count). The molecule has 7 nitrogen and oxygen atoms in total. The molecule has 198 valence electrons. The Balaban J connectivity index is 4.44. The average Bonchev–Trinajstić information content (AvgIpc) is 2.76. The van der Waals surface area contributed by atoms with E-state index in [1.54, 1.807) is 0 Å². The van der Waals surface area contributed by atoms with E-state index in [4.69, 9.17) is 10.2 Å². The number of hydrogen-bond acceptors (Lipinski definition) is 4. The molecule has 34 heavy (non-hydrogen) atoms. The molecule has 0 unspecified atom stereocenters. The second kappa shape index (κ2) is 21.6. The Morgan fingerprint density at radius 2 is 1.03 bits per heavy atom. The van der Waals surface area contributed by atoms with Gasteiger partial charge < -0.3 is 24.6 Å². The fourth-order valence-corrected chi connectivity index (χ4v) is 4.59. The number of carboxylic acid groups (broad SMARTS) is 3. The minimum Gasteiger partial charge on any atom is -0.550 e. The van der Waals surface area contributed by atoms with Gasteiger partial charge in [0.25, 0.3) is 0 Å². The van der Waals surface area contributed by atoms with E-state index in [2.05, 4.69) is 19.1 Å². The molecule has 0 saturated carbocycles. The van der Waals surface area contributed by atoms with Gasteiger partial charge in [0.05, 0.1) is 39.0 Å². The van der Waals surface area contributed by atoms with Crippen LogP contribution in [0.3, 0.4) is 0 Å². The molecule has 0 saturated heterocycles. The van der Waals surface area contributed by atoms with Crippen LogP contribution >= 0.6 is 0 Å². The van der Waals surface area contributed by atoms with Gasteiger partial charge in [-0.2, -0.15) is 0 Å². The predicted octanol–water partition coefficient (Wildman–Crippen LogP) is 4.93. The van der Waals surface area contributed by atoms with Gasteiger partial charge in [-0.15, -0.1) is 0 Å². The number of aliphatic carboxylic acids is 3. The number of carbonyl (C=O) groups is 3. The maximum absolute atomic E-state index is 11.0. The molecule has 0 radical (unpaired) electrons. The zero-order chi connectivity index (χ0) is 25.5. The maximum atomic E-state index is 11.0. The van der Waals surface area contributed by atoms with Gasteiger partial charge in [-0.25, -0.2) is 0 Å². The molecular formula is C27H49NO6. The Kier molecular flexibility index (Phi) is 20.4. The Bertz CT molecular complexity index is 525. The third-order valence-corrected chi connectivity index (χ3v) is 6.47. The number of unbranched alkanes of at least 4 members (excludes halogenated alkanes) is 9. The number of nitrogens with zero attached hydrogens (tertiary/aromatic N) is 1. The average molecular weight is 484 g/mol. The van der Waals surface area contributed by atoms with Crippen LogP contribution in [-0.4, -0.2) is 58.8 Å². The summed E-state index contributed by atoms with van der Waals surface area (Å²) in [4.78, 5) is 32.9. The summed E-state index contributed by atoms with van der Waals surface area (Å²) in [6.07, 6.45) is 19.3.